The Hall–Kier alpha value is -1.58. The van der Waals surface area contributed by atoms with Crippen LogP contribution in [0.1, 0.15) is 49.8 Å². The number of fused-ring (bicyclic) bond motifs is 2. The van der Waals surface area contributed by atoms with Gasteiger partial charge in [0.15, 0.2) is 0 Å². The van der Waals surface area contributed by atoms with Gasteiger partial charge < -0.3 is 4.98 Å². The summed E-state index contributed by atoms with van der Waals surface area (Å²) >= 11 is 0. The van der Waals surface area contributed by atoms with E-state index in [4.69, 9.17) is 0 Å². The highest BCUT2D eigenvalue weighted by Crippen LogP contribution is 2.45. The summed E-state index contributed by atoms with van der Waals surface area (Å²) in [6, 6.07) is 1.88. The zero-order valence-electron chi connectivity index (χ0n) is 11.1. The standard InChI is InChI=1S/C15H19N3O/c19-14-11-4-8-15(6-2-1-3-7-15)10-12(11)17-13-5-9-16-18(13)14/h5,9,17H,1-4,6-8,10H2. The third-order valence-corrected chi connectivity index (χ3v) is 5.11. The summed E-state index contributed by atoms with van der Waals surface area (Å²) in [6.07, 6.45) is 11.6. The second-order valence-corrected chi connectivity index (χ2v) is 6.25. The highest BCUT2D eigenvalue weighted by atomic mass is 16.1. The second-order valence-electron chi connectivity index (χ2n) is 6.25. The minimum Gasteiger partial charge on any atom is -0.343 e. The van der Waals surface area contributed by atoms with E-state index in [1.165, 1.54) is 48.7 Å². The van der Waals surface area contributed by atoms with Gasteiger partial charge in [-0.2, -0.15) is 9.61 Å². The zero-order valence-corrected chi connectivity index (χ0v) is 11.1. The molecule has 19 heavy (non-hydrogen) atoms. The van der Waals surface area contributed by atoms with E-state index < -0.39 is 0 Å². The van der Waals surface area contributed by atoms with Gasteiger partial charge in [-0.25, -0.2) is 0 Å². The molecule has 4 rings (SSSR count). The number of hydrogen-bond acceptors (Lipinski definition) is 2. The van der Waals surface area contributed by atoms with Crippen LogP contribution < -0.4 is 5.56 Å². The van der Waals surface area contributed by atoms with Crippen LogP contribution in [0.2, 0.25) is 0 Å². The first-order valence-electron chi connectivity index (χ1n) is 7.35. The van der Waals surface area contributed by atoms with Gasteiger partial charge >= 0.3 is 0 Å². The van der Waals surface area contributed by atoms with E-state index in [1.807, 2.05) is 6.07 Å². The van der Waals surface area contributed by atoms with Gasteiger partial charge in [-0.15, -0.1) is 0 Å². The number of rotatable bonds is 0. The Labute approximate surface area is 111 Å². The molecular formula is C15H19N3O. The molecule has 0 aromatic carbocycles. The van der Waals surface area contributed by atoms with E-state index in [-0.39, 0.29) is 5.56 Å². The molecule has 0 radical (unpaired) electrons. The Morgan fingerprint density at radius 1 is 1.21 bits per heavy atom. The summed E-state index contributed by atoms with van der Waals surface area (Å²) in [6.45, 7) is 0. The first kappa shape index (κ1) is 11.3. The van der Waals surface area contributed by atoms with E-state index in [9.17, 15) is 4.79 Å². The largest absolute Gasteiger partial charge is 0.343 e. The summed E-state index contributed by atoms with van der Waals surface area (Å²) in [7, 11) is 0. The average molecular weight is 257 g/mol. The topological polar surface area (TPSA) is 50.2 Å². The van der Waals surface area contributed by atoms with Crippen molar-refractivity contribution in [3.63, 3.8) is 0 Å². The Morgan fingerprint density at radius 2 is 2.05 bits per heavy atom. The van der Waals surface area contributed by atoms with Crippen molar-refractivity contribution >= 4 is 5.65 Å². The van der Waals surface area contributed by atoms with Crippen LogP contribution in [0.3, 0.4) is 0 Å². The smallest absolute Gasteiger partial charge is 0.277 e. The van der Waals surface area contributed by atoms with Crippen LogP contribution in [0.5, 0.6) is 0 Å². The molecule has 0 atom stereocenters. The van der Waals surface area contributed by atoms with Crippen LogP contribution in [0.25, 0.3) is 5.65 Å². The third-order valence-electron chi connectivity index (χ3n) is 5.11. The first-order chi connectivity index (χ1) is 9.27. The maximum atomic E-state index is 12.4. The van der Waals surface area contributed by atoms with Crippen LogP contribution in [0.4, 0.5) is 0 Å². The Balaban J connectivity index is 1.82. The lowest BCUT2D eigenvalue weighted by molar-refractivity contribution is 0.159. The minimum absolute atomic E-state index is 0.0828. The first-order valence-corrected chi connectivity index (χ1v) is 7.35. The van der Waals surface area contributed by atoms with Gasteiger partial charge in [-0.05, 0) is 37.5 Å². The molecule has 0 bridgehead atoms. The van der Waals surface area contributed by atoms with Gasteiger partial charge in [0.25, 0.3) is 5.56 Å². The molecule has 0 amide bonds. The van der Waals surface area contributed by atoms with E-state index in [0.717, 1.165) is 24.1 Å². The fraction of sp³-hybridized carbons (Fsp3) is 0.600. The normalized spacial score (nSPS) is 21.7. The molecule has 1 saturated carbocycles. The fourth-order valence-corrected chi connectivity index (χ4v) is 4.04. The van der Waals surface area contributed by atoms with E-state index >= 15 is 0 Å². The molecule has 2 aliphatic carbocycles. The van der Waals surface area contributed by atoms with Crippen molar-refractivity contribution in [1.82, 2.24) is 14.6 Å². The van der Waals surface area contributed by atoms with E-state index in [0.29, 0.717) is 5.41 Å². The number of hydrogen-bond donors (Lipinski definition) is 1. The van der Waals surface area contributed by atoms with Gasteiger partial charge in [0, 0.05) is 17.3 Å². The van der Waals surface area contributed by atoms with Gasteiger partial charge in [0.05, 0.1) is 6.20 Å². The number of aromatic amines is 1. The lowest BCUT2D eigenvalue weighted by atomic mass is 9.65. The molecule has 2 heterocycles. The van der Waals surface area contributed by atoms with Gasteiger partial charge in [-0.1, -0.05) is 19.3 Å². The Morgan fingerprint density at radius 3 is 2.89 bits per heavy atom. The predicted octanol–water partition coefficient (Wildman–Crippen LogP) is 2.46. The molecule has 0 unspecified atom stereocenters. The molecule has 2 aromatic rings. The van der Waals surface area contributed by atoms with Crippen molar-refractivity contribution in [2.24, 2.45) is 5.41 Å². The van der Waals surface area contributed by atoms with E-state index in [2.05, 4.69) is 10.1 Å². The van der Waals surface area contributed by atoms with Crippen LogP contribution in [0.15, 0.2) is 17.1 Å². The average Bonchev–Trinajstić information content (AvgIpc) is 2.88. The van der Waals surface area contributed by atoms with Gasteiger partial charge in [0.1, 0.15) is 5.65 Å². The summed E-state index contributed by atoms with van der Waals surface area (Å²) in [5.41, 5.74) is 3.52. The number of H-pyrrole nitrogens is 1. The van der Waals surface area contributed by atoms with Gasteiger partial charge in [0.2, 0.25) is 0 Å². The lowest BCUT2D eigenvalue weighted by Gasteiger charge is -2.40. The zero-order chi connectivity index (χ0) is 12.9. The predicted molar refractivity (Wildman–Crippen MR) is 73.4 cm³/mol. The number of aromatic nitrogens is 3. The van der Waals surface area contributed by atoms with Crippen molar-refractivity contribution in [1.29, 1.82) is 0 Å². The Kier molecular flexibility index (Phi) is 2.34. The monoisotopic (exact) mass is 257 g/mol. The molecule has 100 valence electrons. The highest BCUT2D eigenvalue weighted by Gasteiger charge is 2.36. The molecule has 4 nitrogen and oxygen atoms in total. The van der Waals surface area contributed by atoms with Crippen molar-refractivity contribution < 1.29 is 0 Å². The second kappa shape index (κ2) is 3.95. The van der Waals surface area contributed by atoms with Crippen LogP contribution >= 0.6 is 0 Å². The molecule has 1 spiro atoms. The van der Waals surface area contributed by atoms with Crippen molar-refractivity contribution in [3.05, 3.63) is 33.9 Å². The Bertz CT molecular complexity index is 676. The highest BCUT2D eigenvalue weighted by molar-refractivity contribution is 5.40. The SMILES string of the molecule is O=c1c2c([nH]c3ccnn13)CC1(CCCCC1)CC2. The van der Waals surface area contributed by atoms with Crippen LogP contribution in [-0.4, -0.2) is 14.6 Å². The maximum absolute atomic E-state index is 12.4. The molecular weight excluding hydrogens is 238 g/mol. The lowest BCUT2D eigenvalue weighted by Crippen LogP contribution is -2.35. The summed E-state index contributed by atoms with van der Waals surface area (Å²) in [5, 5.41) is 4.10. The maximum Gasteiger partial charge on any atom is 0.277 e. The summed E-state index contributed by atoms with van der Waals surface area (Å²) < 4.78 is 1.50. The van der Waals surface area contributed by atoms with Crippen molar-refractivity contribution in [2.45, 2.75) is 51.4 Å². The van der Waals surface area contributed by atoms with E-state index in [1.54, 1.807) is 6.20 Å². The number of nitrogens with one attached hydrogen (secondary N) is 1. The molecule has 2 aromatic heterocycles. The summed E-state index contributed by atoms with van der Waals surface area (Å²) in [5.74, 6) is 0. The fourth-order valence-electron chi connectivity index (χ4n) is 4.04. The molecule has 0 saturated heterocycles. The summed E-state index contributed by atoms with van der Waals surface area (Å²) in [4.78, 5) is 15.8. The van der Waals surface area contributed by atoms with Crippen molar-refractivity contribution in [3.8, 4) is 0 Å². The molecule has 4 heteroatoms. The third kappa shape index (κ3) is 1.66. The molecule has 1 N–H and O–H groups in total. The van der Waals surface area contributed by atoms with Gasteiger partial charge in [-0.3, -0.25) is 4.79 Å². The minimum atomic E-state index is 0.0828. The van der Waals surface area contributed by atoms with Crippen LogP contribution in [-0.2, 0) is 12.8 Å². The molecule has 0 aliphatic heterocycles. The quantitative estimate of drug-likeness (QED) is 0.788. The molecule has 2 aliphatic rings. The van der Waals surface area contributed by atoms with Crippen LogP contribution in [0, 0.1) is 5.41 Å². The molecule has 1 fully saturated rings. The number of nitrogens with zero attached hydrogens (tertiary/aromatic N) is 2. The van der Waals surface area contributed by atoms with Crippen molar-refractivity contribution in [2.75, 3.05) is 0 Å².